The molecule has 3 nitrogen and oxygen atoms in total. The molecule has 0 aliphatic rings. The van der Waals surface area contributed by atoms with E-state index in [-0.39, 0.29) is 5.97 Å². The molecule has 20 heavy (non-hydrogen) atoms. The number of aryl methyl sites for hydroxylation is 1. The van der Waals surface area contributed by atoms with Crippen molar-refractivity contribution >= 4 is 11.7 Å². The Bertz CT molecular complexity index is 576. The lowest BCUT2D eigenvalue weighted by molar-refractivity contribution is 0.0734. The Morgan fingerprint density at radius 1 is 1.10 bits per heavy atom. The summed E-state index contributed by atoms with van der Waals surface area (Å²) in [5, 5.41) is 3.28. The van der Waals surface area contributed by atoms with E-state index < -0.39 is 0 Å². The van der Waals surface area contributed by atoms with Crippen molar-refractivity contribution in [3.05, 3.63) is 59.7 Å². The zero-order valence-electron chi connectivity index (χ0n) is 11.8. The Kier molecular flexibility index (Phi) is 4.77. The van der Waals surface area contributed by atoms with Gasteiger partial charge in [0.2, 0.25) is 0 Å². The fourth-order valence-corrected chi connectivity index (χ4v) is 1.87. The quantitative estimate of drug-likeness (QED) is 0.657. The Morgan fingerprint density at radius 3 is 2.45 bits per heavy atom. The van der Waals surface area contributed by atoms with Gasteiger partial charge in [-0.2, -0.15) is 0 Å². The number of carbonyl (C=O) groups excluding carboxylic acids is 1. The summed E-state index contributed by atoms with van der Waals surface area (Å²) in [6, 6.07) is 14.8. The molecule has 0 spiro atoms. The largest absolute Gasteiger partial charge is 0.423 e. The van der Waals surface area contributed by atoms with Crippen LogP contribution in [0, 0.1) is 6.92 Å². The molecule has 0 saturated heterocycles. The van der Waals surface area contributed by atoms with Crippen LogP contribution in [0.3, 0.4) is 0 Å². The minimum absolute atomic E-state index is 0.322. The minimum Gasteiger partial charge on any atom is -0.423 e. The third kappa shape index (κ3) is 3.60. The molecule has 0 amide bonds. The van der Waals surface area contributed by atoms with Crippen LogP contribution in [0.1, 0.15) is 29.3 Å². The molecular weight excluding hydrogens is 250 g/mol. The van der Waals surface area contributed by atoms with Crippen LogP contribution >= 0.6 is 0 Å². The average molecular weight is 269 g/mol. The van der Waals surface area contributed by atoms with Gasteiger partial charge in [0.05, 0.1) is 5.56 Å². The fraction of sp³-hybridized carbons (Fsp3) is 0.235. The van der Waals surface area contributed by atoms with Crippen LogP contribution < -0.4 is 10.1 Å². The molecule has 2 aromatic rings. The van der Waals surface area contributed by atoms with E-state index in [1.807, 2.05) is 37.3 Å². The smallest absolute Gasteiger partial charge is 0.343 e. The van der Waals surface area contributed by atoms with Crippen molar-refractivity contribution in [1.82, 2.24) is 0 Å². The molecule has 0 fully saturated rings. The summed E-state index contributed by atoms with van der Waals surface area (Å²) in [7, 11) is 0. The Hall–Kier alpha value is -2.29. The van der Waals surface area contributed by atoms with Gasteiger partial charge < -0.3 is 10.1 Å². The monoisotopic (exact) mass is 269 g/mol. The molecule has 2 aromatic carbocycles. The van der Waals surface area contributed by atoms with E-state index in [1.54, 1.807) is 18.2 Å². The van der Waals surface area contributed by atoms with Gasteiger partial charge in [0.15, 0.2) is 0 Å². The SMILES string of the molecule is CCCNc1ccc(OC(=O)c2ccccc2C)cc1. The summed E-state index contributed by atoms with van der Waals surface area (Å²) in [5.74, 6) is 0.234. The van der Waals surface area contributed by atoms with Crippen molar-refractivity contribution in [2.24, 2.45) is 0 Å². The highest BCUT2D eigenvalue weighted by atomic mass is 16.5. The van der Waals surface area contributed by atoms with Gasteiger partial charge in [-0.05, 0) is 49.2 Å². The lowest BCUT2D eigenvalue weighted by Gasteiger charge is -2.08. The van der Waals surface area contributed by atoms with Gasteiger partial charge in [-0.3, -0.25) is 0 Å². The minimum atomic E-state index is -0.322. The van der Waals surface area contributed by atoms with Gasteiger partial charge in [0, 0.05) is 12.2 Å². The standard InChI is InChI=1S/C17H19NO2/c1-3-12-18-14-8-10-15(11-9-14)20-17(19)16-7-5-4-6-13(16)2/h4-11,18H,3,12H2,1-2H3. The number of carbonyl (C=O) groups is 1. The number of rotatable bonds is 5. The van der Waals surface area contributed by atoms with Gasteiger partial charge in [0.1, 0.15) is 5.75 Å². The number of benzene rings is 2. The second-order valence-corrected chi connectivity index (χ2v) is 4.66. The lowest BCUT2D eigenvalue weighted by atomic mass is 10.1. The number of anilines is 1. The van der Waals surface area contributed by atoms with Crippen molar-refractivity contribution in [2.45, 2.75) is 20.3 Å². The number of ether oxygens (including phenoxy) is 1. The maximum absolute atomic E-state index is 12.1. The molecule has 0 aromatic heterocycles. The summed E-state index contributed by atoms with van der Waals surface area (Å²) in [6.07, 6.45) is 1.07. The zero-order valence-corrected chi connectivity index (χ0v) is 11.8. The van der Waals surface area contributed by atoms with Crippen LogP contribution in [-0.4, -0.2) is 12.5 Å². The lowest BCUT2D eigenvalue weighted by Crippen LogP contribution is -2.10. The van der Waals surface area contributed by atoms with Gasteiger partial charge in [-0.1, -0.05) is 25.1 Å². The van der Waals surface area contributed by atoms with Crippen molar-refractivity contribution in [3.8, 4) is 5.75 Å². The topological polar surface area (TPSA) is 38.3 Å². The Morgan fingerprint density at radius 2 is 1.80 bits per heavy atom. The molecule has 0 unspecified atom stereocenters. The molecule has 0 saturated carbocycles. The van der Waals surface area contributed by atoms with Crippen LogP contribution in [0.2, 0.25) is 0 Å². The van der Waals surface area contributed by atoms with Gasteiger partial charge >= 0.3 is 5.97 Å². The molecule has 0 heterocycles. The van der Waals surface area contributed by atoms with E-state index in [4.69, 9.17) is 4.74 Å². The first-order valence-electron chi connectivity index (χ1n) is 6.82. The van der Waals surface area contributed by atoms with Crippen molar-refractivity contribution in [3.63, 3.8) is 0 Å². The van der Waals surface area contributed by atoms with Crippen LogP contribution in [-0.2, 0) is 0 Å². The van der Waals surface area contributed by atoms with E-state index in [0.29, 0.717) is 11.3 Å². The Labute approximate surface area is 119 Å². The van der Waals surface area contributed by atoms with E-state index in [9.17, 15) is 4.79 Å². The molecule has 1 N–H and O–H groups in total. The molecule has 0 aliphatic carbocycles. The van der Waals surface area contributed by atoms with E-state index >= 15 is 0 Å². The van der Waals surface area contributed by atoms with Crippen LogP contribution in [0.15, 0.2) is 48.5 Å². The van der Waals surface area contributed by atoms with E-state index in [0.717, 1.165) is 24.2 Å². The predicted molar refractivity (Wildman–Crippen MR) is 81.4 cm³/mol. The van der Waals surface area contributed by atoms with E-state index in [1.165, 1.54) is 0 Å². The summed E-state index contributed by atoms with van der Waals surface area (Å²) in [4.78, 5) is 12.1. The normalized spacial score (nSPS) is 10.1. The zero-order chi connectivity index (χ0) is 14.4. The van der Waals surface area contributed by atoms with Crippen molar-refractivity contribution in [2.75, 3.05) is 11.9 Å². The van der Waals surface area contributed by atoms with Crippen molar-refractivity contribution < 1.29 is 9.53 Å². The van der Waals surface area contributed by atoms with Gasteiger partial charge in [0.25, 0.3) is 0 Å². The number of esters is 1. The first-order chi connectivity index (χ1) is 9.70. The third-order valence-electron chi connectivity index (χ3n) is 3.01. The average Bonchev–Trinajstić information content (AvgIpc) is 2.47. The number of hydrogen-bond acceptors (Lipinski definition) is 3. The fourth-order valence-electron chi connectivity index (χ4n) is 1.87. The Balaban J connectivity index is 2.03. The molecule has 2 rings (SSSR count). The number of nitrogens with one attached hydrogen (secondary N) is 1. The summed E-state index contributed by atoms with van der Waals surface area (Å²) < 4.78 is 5.37. The molecule has 104 valence electrons. The van der Waals surface area contributed by atoms with Crippen molar-refractivity contribution in [1.29, 1.82) is 0 Å². The molecule has 3 heteroatoms. The van der Waals surface area contributed by atoms with Gasteiger partial charge in [-0.25, -0.2) is 4.79 Å². The first kappa shape index (κ1) is 14.1. The second kappa shape index (κ2) is 6.75. The summed E-state index contributed by atoms with van der Waals surface area (Å²) >= 11 is 0. The van der Waals surface area contributed by atoms with Crippen LogP contribution in [0.25, 0.3) is 0 Å². The van der Waals surface area contributed by atoms with E-state index in [2.05, 4.69) is 12.2 Å². The van der Waals surface area contributed by atoms with Crippen LogP contribution in [0.4, 0.5) is 5.69 Å². The molecule has 0 radical (unpaired) electrons. The summed E-state index contributed by atoms with van der Waals surface area (Å²) in [5.41, 5.74) is 2.54. The first-order valence-corrected chi connectivity index (χ1v) is 6.82. The highest BCUT2D eigenvalue weighted by Gasteiger charge is 2.10. The predicted octanol–water partition coefficient (Wildman–Crippen LogP) is 4.04. The molecular formula is C17H19NO2. The number of hydrogen-bond donors (Lipinski definition) is 1. The molecule has 0 bridgehead atoms. The third-order valence-corrected chi connectivity index (χ3v) is 3.01. The highest BCUT2D eigenvalue weighted by molar-refractivity contribution is 5.92. The molecule has 0 aliphatic heterocycles. The van der Waals surface area contributed by atoms with Crippen LogP contribution in [0.5, 0.6) is 5.75 Å². The molecule has 0 atom stereocenters. The second-order valence-electron chi connectivity index (χ2n) is 4.66. The summed E-state index contributed by atoms with van der Waals surface area (Å²) in [6.45, 7) is 4.95. The van der Waals surface area contributed by atoms with Gasteiger partial charge in [-0.15, -0.1) is 0 Å². The maximum Gasteiger partial charge on any atom is 0.343 e. The highest BCUT2D eigenvalue weighted by Crippen LogP contribution is 2.18. The maximum atomic E-state index is 12.1.